The van der Waals surface area contributed by atoms with Gasteiger partial charge in [-0.05, 0) is 13.5 Å². The third-order valence-electron chi connectivity index (χ3n) is 2.22. The van der Waals surface area contributed by atoms with Crippen molar-refractivity contribution in [1.29, 1.82) is 0 Å². The van der Waals surface area contributed by atoms with E-state index in [2.05, 4.69) is 0 Å². The second kappa shape index (κ2) is 4.50. The third kappa shape index (κ3) is 2.62. The van der Waals surface area contributed by atoms with Gasteiger partial charge in [-0.15, -0.1) is 0 Å². The molecule has 0 bridgehead atoms. The molecule has 0 aromatic rings. The van der Waals surface area contributed by atoms with Gasteiger partial charge < -0.3 is 15.1 Å². The predicted molar refractivity (Wildman–Crippen MR) is 48.3 cm³/mol. The van der Waals surface area contributed by atoms with Crippen LogP contribution in [0.25, 0.3) is 0 Å². The van der Waals surface area contributed by atoms with Gasteiger partial charge in [-0.1, -0.05) is 6.08 Å². The van der Waals surface area contributed by atoms with Crippen LogP contribution in [-0.4, -0.2) is 53.7 Å². The molecule has 0 aliphatic carbocycles. The summed E-state index contributed by atoms with van der Waals surface area (Å²) in [6, 6.07) is 0. The van der Waals surface area contributed by atoms with Crippen molar-refractivity contribution in [2.75, 3.05) is 26.7 Å². The quantitative estimate of drug-likeness (QED) is 0.560. The maximum Gasteiger partial charge on any atom is 0.189 e. The number of rotatable bonds is 1. The van der Waals surface area contributed by atoms with Crippen LogP contribution in [-0.2, 0) is 4.79 Å². The Hall–Kier alpha value is -0.710. The molecule has 1 aliphatic heterocycles. The van der Waals surface area contributed by atoms with Crippen molar-refractivity contribution in [3.8, 4) is 0 Å². The molecule has 4 nitrogen and oxygen atoms in total. The Bertz CT molecular complexity index is 225. The third-order valence-corrected chi connectivity index (χ3v) is 2.22. The second-order valence-corrected chi connectivity index (χ2v) is 3.32. The lowest BCUT2D eigenvalue weighted by Crippen LogP contribution is -2.32. The fourth-order valence-corrected chi connectivity index (χ4v) is 1.29. The Morgan fingerprint density at radius 3 is 3.00 bits per heavy atom. The largest absolute Gasteiger partial charge is 0.392 e. The number of aliphatic hydroxyl groups excluding tert-OH is 2. The van der Waals surface area contributed by atoms with Gasteiger partial charge in [0.2, 0.25) is 0 Å². The molecule has 0 unspecified atom stereocenters. The fourth-order valence-electron chi connectivity index (χ4n) is 1.29. The number of aliphatic hydroxyl groups is 2. The zero-order chi connectivity index (χ0) is 9.84. The van der Waals surface area contributed by atoms with E-state index in [9.17, 15) is 9.90 Å². The van der Waals surface area contributed by atoms with Crippen molar-refractivity contribution in [3.05, 3.63) is 11.6 Å². The number of ketones is 1. The number of Topliss-reactive ketones (excluding diaryl/α,β-unsaturated/α-hetero) is 1. The summed E-state index contributed by atoms with van der Waals surface area (Å²) in [6.07, 6.45) is 1.15. The molecule has 4 heteroatoms. The summed E-state index contributed by atoms with van der Waals surface area (Å²) < 4.78 is 0. The molecule has 13 heavy (non-hydrogen) atoms. The SMILES string of the molecule is CN1C/C=C(/CO)C(=O)[C@H](O)CC1. The van der Waals surface area contributed by atoms with Gasteiger partial charge in [0.05, 0.1) is 6.61 Å². The van der Waals surface area contributed by atoms with Gasteiger partial charge in [-0.25, -0.2) is 0 Å². The first-order valence-corrected chi connectivity index (χ1v) is 4.36. The van der Waals surface area contributed by atoms with Crippen molar-refractivity contribution in [2.45, 2.75) is 12.5 Å². The second-order valence-electron chi connectivity index (χ2n) is 3.32. The number of likely N-dealkylation sites (N-methyl/N-ethyl adjacent to an activating group) is 1. The van der Waals surface area contributed by atoms with E-state index in [4.69, 9.17) is 5.11 Å². The number of hydrogen-bond acceptors (Lipinski definition) is 4. The molecule has 0 radical (unpaired) electrons. The predicted octanol–water partition coefficient (Wildman–Crippen LogP) is -0.829. The van der Waals surface area contributed by atoms with Gasteiger partial charge in [-0.3, -0.25) is 4.79 Å². The van der Waals surface area contributed by atoms with Crippen LogP contribution >= 0.6 is 0 Å². The Balaban J connectivity index is 2.77. The van der Waals surface area contributed by atoms with Crippen LogP contribution in [0.2, 0.25) is 0 Å². The van der Waals surface area contributed by atoms with Crippen molar-refractivity contribution in [2.24, 2.45) is 0 Å². The highest BCUT2D eigenvalue weighted by atomic mass is 16.3. The lowest BCUT2D eigenvalue weighted by molar-refractivity contribution is -0.124. The fraction of sp³-hybridized carbons (Fsp3) is 0.667. The Labute approximate surface area is 77.5 Å². The normalized spacial score (nSPS) is 30.5. The highest BCUT2D eigenvalue weighted by Crippen LogP contribution is 2.08. The Morgan fingerprint density at radius 2 is 2.38 bits per heavy atom. The molecule has 0 spiro atoms. The molecule has 0 saturated carbocycles. The summed E-state index contributed by atoms with van der Waals surface area (Å²) in [4.78, 5) is 13.3. The molecule has 0 aromatic heterocycles. The summed E-state index contributed by atoms with van der Waals surface area (Å²) in [5.74, 6) is -0.337. The molecule has 2 N–H and O–H groups in total. The standard InChI is InChI=1S/C9H15NO3/c1-10-4-2-7(6-11)9(13)8(12)3-5-10/h2,8,11-12H,3-6H2,1H3/b7-2-/t8-/m1/s1. The first kappa shape index (κ1) is 10.4. The average Bonchev–Trinajstić information content (AvgIpc) is 2.13. The lowest BCUT2D eigenvalue weighted by Gasteiger charge is -2.20. The van der Waals surface area contributed by atoms with Crippen LogP contribution in [0.4, 0.5) is 0 Å². The number of carbonyl (C=O) groups excluding carboxylic acids is 1. The van der Waals surface area contributed by atoms with Crippen LogP contribution < -0.4 is 0 Å². The van der Waals surface area contributed by atoms with Gasteiger partial charge in [0, 0.05) is 18.7 Å². The first-order valence-electron chi connectivity index (χ1n) is 4.36. The van der Waals surface area contributed by atoms with E-state index >= 15 is 0 Å². The molecule has 1 atom stereocenters. The van der Waals surface area contributed by atoms with Crippen LogP contribution in [0, 0.1) is 0 Å². The Morgan fingerprint density at radius 1 is 1.69 bits per heavy atom. The summed E-state index contributed by atoms with van der Waals surface area (Å²) in [6.45, 7) is 1.06. The van der Waals surface area contributed by atoms with E-state index in [0.29, 0.717) is 25.1 Å². The molecule has 1 rings (SSSR count). The topological polar surface area (TPSA) is 60.8 Å². The summed E-state index contributed by atoms with van der Waals surface area (Å²) in [5, 5.41) is 18.2. The molecule has 0 amide bonds. The minimum Gasteiger partial charge on any atom is -0.392 e. The molecule has 0 aromatic carbocycles. The van der Waals surface area contributed by atoms with Crippen LogP contribution in [0.3, 0.4) is 0 Å². The van der Waals surface area contributed by atoms with Crippen LogP contribution in [0.5, 0.6) is 0 Å². The van der Waals surface area contributed by atoms with Gasteiger partial charge in [0.25, 0.3) is 0 Å². The van der Waals surface area contributed by atoms with Crippen LogP contribution in [0.15, 0.2) is 11.6 Å². The van der Waals surface area contributed by atoms with Gasteiger partial charge in [0.1, 0.15) is 6.10 Å². The smallest absolute Gasteiger partial charge is 0.189 e. The maximum atomic E-state index is 11.3. The van der Waals surface area contributed by atoms with E-state index in [0.717, 1.165) is 0 Å². The van der Waals surface area contributed by atoms with Gasteiger partial charge in [-0.2, -0.15) is 0 Å². The molecule has 1 aliphatic rings. The number of nitrogens with zero attached hydrogens (tertiary/aromatic N) is 1. The maximum absolute atomic E-state index is 11.3. The van der Waals surface area contributed by atoms with Gasteiger partial charge in [0.15, 0.2) is 5.78 Å². The first-order chi connectivity index (χ1) is 6.15. The van der Waals surface area contributed by atoms with E-state index in [1.807, 2.05) is 11.9 Å². The zero-order valence-electron chi connectivity index (χ0n) is 7.73. The number of carbonyl (C=O) groups is 1. The molecular weight excluding hydrogens is 170 g/mol. The minimum absolute atomic E-state index is 0.288. The summed E-state index contributed by atoms with van der Waals surface area (Å²) in [5.41, 5.74) is 0.319. The highest BCUT2D eigenvalue weighted by Gasteiger charge is 2.21. The van der Waals surface area contributed by atoms with Crippen LogP contribution in [0.1, 0.15) is 6.42 Å². The molecule has 1 heterocycles. The molecule has 0 saturated heterocycles. The van der Waals surface area contributed by atoms with Crippen molar-refractivity contribution in [3.63, 3.8) is 0 Å². The molecular formula is C9H15NO3. The van der Waals surface area contributed by atoms with E-state index in [1.54, 1.807) is 6.08 Å². The van der Waals surface area contributed by atoms with E-state index in [1.165, 1.54) is 0 Å². The minimum atomic E-state index is -0.957. The summed E-state index contributed by atoms with van der Waals surface area (Å²) in [7, 11) is 1.91. The Kier molecular flexibility index (Phi) is 3.59. The molecule has 74 valence electrons. The monoisotopic (exact) mass is 185 g/mol. The van der Waals surface area contributed by atoms with E-state index in [-0.39, 0.29) is 12.4 Å². The van der Waals surface area contributed by atoms with Crippen molar-refractivity contribution >= 4 is 5.78 Å². The summed E-state index contributed by atoms with van der Waals surface area (Å²) >= 11 is 0. The van der Waals surface area contributed by atoms with Crippen molar-refractivity contribution < 1.29 is 15.0 Å². The van der Waals surface area contributed by atoms with Crippen molar-refractivity contribution in [1.82, 2.24) is 4.90 Å². The highest BCUT2D eigenvalue weighted by molar-refractivity contribution is 5.98. The van der Waals surface area contributed by atoms with Gasteiger partial charge >= 0.3 is 0 Å². The average molecular weight is 185 g/mol. The zero-order valence-corrected chi connectivity index (χ0v) is 7.73. The van der Waals surface area contributed by atoms with E-state index < -0.39 is 6.10 Å². The molecule has 0 fully saturated rings. The lowest BCUT2D eigenvalue weighted by atomic mass is 10.0. The number of hydrogen-bond donors (Lipinski definition) is 2.